The lowest BCUT2D eigenvalue weighted by atomic mass is 10.1. The summed E-state index contributed by atoms with van der Waals surface area (Å²) >= 11 is 0. The van der Waals surface area contributed by atoms with Crippen molar-refractivity contribution < 1.29 is 0 Å². The molecule has 0 spiro atoms. The number of hydrogen-bond acceptors (Lipinski definition) is 1. The number of hydrogen-bond donors (Lipinski definition) is 0. The Labute approximate surface area is 96.5 Å². The van der Waals surface area contributed by atoms with Gasteiger partial charge in [-0.1, -0.05) is 43.3 Å². The van der Waals surface area contributed by atoms with Crippen molar-refractivity contribution in [1.82, 2.24) is 0 Å². The van der Waals surface area contributed by atoms with Crippen molar-refractivity contribution in [2.24, 2.45) is 4.99 Å². The van der Waals surface area contributed by atoms with E-state index < -0.39 is 0 Å². The van der Waals surface area contributed by atoms with Crippen molar-refractivity contribution in [3.8, 4) is 0 Å². The highest BCUT2D eigenvalue weighted by molar-refractivity contribution is 5.81. The first-order valence-electron chi connectivity index (χ1n) is 5.47. The van der Waals surface area contributed by atoms with Crippen LogP contribution in [0.1, 0.15) is 18.1 Å². The number of aryl methyl sites for hydroxylation is 1. The fraction of sp³-hybridized carbons (Fsp3) is 0.133. The van der Waals surface area contributed by atoms with Gasteiger partial charge in [-0.05, 0) is 35.7 Å². The Kier molecular flexibility index (Phi) is 3.50. The van der Waals surface area contributed by atoms with Crippen molar-refractivity contribution in [2.75, 3.05) is 0 Å². The molecule has 2 aromatic carbocycles. The molecule has 1 heteroatoms. The molecule has 2 aromatic rings. The number of benzene rings is 2. The second-order valence-electron chi connectivity index (χ2n) is 3.61. The van der Waals surface area contributed by atoms with E-state index in [0.29, 0.717) is 0 Å². The Hall–Kier alpha value is -1.89. The van der Waals surface area contributed by atoms with Crippen LogP contribution >= 0.6 is 0 Å². The molecule has 0 fully saturated rings. The molecule has 0 saturated carbocycles. The molecule has 2 rings (SSSR count). The molecule has 1 radical (unpaired) electrons. The molecule has 0 unspecified atom stereocenters. The molecular weight excluding hydrogens is 194 g/mol. The van der Waals surface area contributed by atoms with Crippen molar-refractivity contribution in [3.63, 3.8) is 0 Å². The maximum Gasteiger partial charge on any atom is 0.0630 e. The third kappa shape index (κ3) is 2.80. The second kappa shape index (κ2) is 5.26. The molecule has 0 N–H and O–H groups in total. The highest BCUT2D eigenvalue weighted by Gasteiger charge is 1.90. The Bertz CT molecular complexity index is 455. The zero-order chi connectivity index (χ0) is 11.2. The van der Waals surface area contributed by atoms with Gasteiger partial charge in [0.2, 0.25) is 0 Å². The minimum absolute atomic E-state index is 0.991. The van der Waals surface area contributed by atoms with Gasteiger partial charge in [-0.3, -0.25) is 4.99 Å². The first-order valence-corrected chi connectivity index (χ1v) is 5.47. The van der Waals surface area contributed by atoms with Gasteiger partial charge in [-0.25, -0.2) is 0 Å². The Morgan fingerprint density at radius 2 is 1.75 bits per heavy atom. The lowest BCUT2D eigenvalue weighted by Crippen LogP contribution is -1.79. The van der Waals surface area contributed by atoms with E-state index in [-0.39, 0.29) is 0 Å². The quantitative estimate of drug-likeness (QED) is 0.680. The summed E-state index contributed by atoms with van der Waals surface area (Å²) in [6.45, 7) is 2.15. The zero-order valence-electron chi connectivity index (χ0n) is 9.35. The molecule has 79 valence electrons. The first kappa shape index (κ1) is 10.6. The molecule has 0 bridgehead atoms. The maximum atomic E-state index is 4.41. The van der Waals surface area contributed by atoms with Crippen LogP contribution in [-0.4, -0.2) is 6.21 Å². The smallest absolute Gasteiger partial charge is 0.0630 e. The van der Waals surface area contributed by atoms with Crippen LogP contribution in [0.3, 0.4) is 0 Å². The minimum atomic E-state index is 0.991. The van der Waals surface area contributed by atoms with Crippen LogP contribution < -0.4 is 0 Å². The number of rotatable bonds is 3. The van der Waals surface area contributed by atoms with Crippen LogP contribution in [0.2, 0.25) is 0 Å². The molecule has 0 aromatic heterocycles. The molecule has 0 atom stereocenters. The summed E-state index contributed by atoms with van der Waals surface area (Å²) in [6, 6.07) is 19.1. The lowest BCUT2D eigenvalue weighted by Gasteiger charge is -1.97. The molecule has 0 heterocycles. The Morgan fingerprint density at radius 3 is 2.38 bits per heavy atom. The summed E-state index contributed by atoms with van der Waals surface area (Å²) < 4.78 is 0. The van der Waals surface area contributed by atoms with Gasteiger partial charge < -0.3 is 0 Å². The molecule has 0 aliphatic rings. The molecule has 0 amide bonds. The van der Waals surface area contributed by atoms with Gasteiger partial charge in [0, 0.05) is 6.21 Å². The highest BCUT2D eigenvalue weighted by Crippen LogP contribution is 2.13. The fourth-order valence-electron chi connectivity index (χ4n) is 1.45. The van der Waals surface area contributed by atoms with E-state index in [2.05, 4.69) is 30.1 Å². The topological polar surface area (TPSA) is 12.4 Å². The minimum Gasteiger partial charge on any atom is -0.256 e. The summed E-state index contributed by atoms with van der Waals surface area (Å²) in [5.74, 6) is 0. The van der Waals surface area contributed by atoms with Gasteiger partial charge in [0.25, 0.3) is 0 Å². The van der Waals surface area contributed by atoms with Gasteiger partial charge in [0.1, 0.15) is 0 Å². The van der Waals surface area contributed by atoms with E-state index in [1.807, 2.05) is 42.6 Å². The van der Waals surface area contributed by atoms with E-state index in [1.54, 1.807) is 0 Å². The van der Waals surface area contributed by atoms with E-state index in [0.717, 1.165) is 17.7 Å². The van der Waals surface area contributed by atoms with Crippen LogP contribution in [0.4, 0.5) is 5.69 Å². The Balaban J connectivity index is 2.12. The lowest BCUT2D eigenvalue weighted by molar-refractivity contribution is 1.14. The molecule has 0 saturated heterocycles. The van der Waals surface area contributed by atoms with Gasteiger partial charge in [-0.15, -0.1) is 0 Å². The van der Waals surface area contributed by atoms with Gasteiger partial charge >= 0.3 is 0 Å². The monoisotopic (exact) mass is 208 g/mol. The van der Waals surface area contributed by atoms with Gasteiger partial charge in [0.05, 0.1) is 5.69 Å². The molecule has 1 nitrogen and oxygen atoms in total. The van der Waals surface area contributed by atoms with Crippen molar-refractivity contribution in [1.29, 1.82) is 0 Å². The van der Waals surface area contributed by atoms with E-state index in [1.165, 1.54) is 5.56 Å². The molecule has 0 aliphatic carbocycles. The maximum absolute atomic E-state index is 4.41. The summed E-state index contributed by atoms with van der Waals surface area (Å²) in [5.41, 5.74) is 3.43. The van der Waals surface area contributed by atoms with Crippen LogP contribution in [0, 0.1) is 6.07 Å². The third-order valence-corrected chi connectivity index (χ3v) is 2.45. The van der Waals surface area contributed by atoms with Crippen molar-refractivity contribution in [2.45, 2.75) is 13.3 Å². The van der Waals surface area contributed by atoms with E-state index >= 15 is 0 Å². The average Bonchev–Trinajstić information content (AvgIpc) is 2.38. The molecule has 0 aliphatic heterocycles. The van der Waals surface area contributed by atoms with E-state index in [4.69, 9.17) is 0 Å². The van der Waals surface area contributed by atoms with Gasteiger partial charge in [0.15, 0.2) is 0 Å². The van der Waals surface area contributed by atoms with Crippen LogP contribution in [0.5, 0.6) is 0 Å². The normalized spacial score (nSPS) is 10.8. The molecule has 16 heavy (non-hydrogen) atoms. The third-order valence-electron chi connectivity index (χ3n) is 2.45. The van der Waals surface area contributed by atoms with E-state index in [9.17, 15) is 0 Å². The van der Waals surface area contributed by atoms with Crippen molar-refractivity contribution in [3.05, 3.63) is 65.7 Å². The number of nitrogens with zero attached hydrogens (tertiary/aromatic N) is 1. The van der Waals surface area contributed by atoms with Gasteiger partial charge in [-0.2, -0.15) is 0 Å². The Morgan fingerprint density at radius 1 is 1.06 bits per heavy atom. The standard InChI is InChI=1S/C15H14N/c1-2-13-8-10-15(11-9-13)16-12-14-6-4-3-5-7-14/h4-12H,2H2,1H3. The largest absolute Gasteiger partial charge is 0.256 e. The average molecular weight is 208 g/mol. The predicted octanol–water partition coefficient (Wildman–Crippen LogP) is 3.80. The summed E-state index contributed by atoms with van der Waals surface area (Å²) in [4.78, 5) is 4.41. The fourth-order valence-corrected chi connectivity index (χ4v) is 1.45. The van der Waals surface area contributed by atoms with Crippen LogP contribution in [0.15, 0.2) is 53.5 Å². The summed E-state index contributed by atoms with van der Waals surface area (Å²) in [6.07, 6.45) is 2.94. The molecular formula is C15H14N. The SMILES string of the molecule is CCc1ccc(N=Cc2cc[c]cc2)cc1. The predicted molar refractivity (Wildman–Crippen MR) is 68.4 cm³/mol. The van der Waals surface area contributed by atoms with Crippen LogP contribution in [-0.2, 0) is 6.42 Å². The zero-order valence-corrected chi connectivity index (χ0v) is 9.35. The summed E-state index contributed by atoms with van der Waals surface area (Å²) in [5, 5.41) is 0. The van der Waals surface area contributed by atoms with Crippen molar-refractivity contribution >= 4 is 11.9 Å². The highest BCUT2D eigenvalue weighted by atomic mass is 14.7. The number of aliphatic imine (C=N–C) groups is 1. The second-order valence-corrected chi connectivity index (χ2v) is 3.61. The van der Waals surface area contributed by atoms with Crippen LogP contribution in [0.25, 0.3) is 0 Å². The summed E-state index contributed by atoms with van der Waals surface area (Å²) in [7, 11) is 0. The first-order chi connectivity index (χ1) is 7.88.